The summed E-state index contributed by atoms with van der Waals surface area (Å²) in [6.45, 7) is 5.25. The predicted octanol–water partition coefficient (Wildman–Crippen LogP) is 4.34. The Kier molecular flexibility index (Phi) is 6.01. The molecule has 0 aromatic heterocycles. The second kappa shape index (κ2) is 8.44. The number of ketones is 1. The van der Waals surface area contributed by atoms with E-state index < -0.39 is 5.82 Å². The van der Waals surface area contributed by atoms with Gasteiger partial charge in [0.25, 0.3) is 5.91 Å². The summed E-state index contributed by atoms with van der Waals surface area (Å²) in [6, 6.07) is 11.3. The van der Waals surface area contributed by atoms with Crippen molar-refractivity contribution >= 4 is 11.7 Å². The van der Waals surface area contributed by atoms with Crippen LogP contribution in [0.3, 0.4) is 0 Å². The van der Waals surface area contributed by atoms with Crippen molar-refractivity contribution in [1.29, 1.82) is 0 Å². The molecule has 0 saturated carbocycles. The van der Waals surface area contributed by atoms with Gasteiger partial charge >= 0.3 is 0 Å². The van der Waals surface area contributed by atoms with Crippen molar-refractivity contribution in [3.63, 3.8) is 0 Å². The molecule has 5 heteroatoms. The summed E-state index contributed by atoms with van der Waals surface area (Å²) >= 11 is 0. The fourth-order valence-corrected chi connectivity index (χ4v) is 3.42. The number of Topliss-reactive ketones (excluding diaryl/α,β-unsaturated/α-hetero) is 1. The van der Waals surface area contributed by atoms with E-state index in [-0.39, 0.29) is 17.7 Å². The Morgan fingerprint density at radius 1 is 1.15 bits per heavy atom. The number of morpholine rings is 1. The molecule has 1 aliphatic rings. The van der Waals surface area contributed by atoms with Gasteiger partial charge in [0.15, 0.2) is 5.78 Å². The number of halogens is 1. The van der Waals surface area contributed by atoms with Gasteiger partial charge in [-0.2, -0.15) is 0 Å². The molecule has 1 heterocycles. The Morgan fingerprint density at radius 3 is 2.52 bits per heavy atom. The second-order valence-corrected chi connectivity index (χ2v) is 6.84. The number of nitrogens with zero attached hydrogens (tertiary/aromatic N) is 1. The summed E-state index contributed by atoms with van der Waals surface area (Å²) < 4.78 is 19.7. The Hall–Kier alpha value is -2.53. The molecule has 1 amide bonds. The maximum atomic E-state index is 14.2. The van der Waals surface area contributed by atoms with Crippen molar-refractivity contribution in [1.82, 2.24) is 4.90 Å². The summed E-state index contributed by atoms with van der Waals surface area (Å²) in [5.74, 6) is -0.533. The zero-order valence-electron chi connectivity index (χ0n) is 15.7. The first-order valence-electron chi connectivity index (χ1n) is 9.31. The van der Waals surface area contributed by atoms with Gasteiger partial charge in [0.2, 0.25) is 0 Å². The Bertz CT molecular complexity index is 830. The van der Waals surface area contributed by atoms with Gasteiger partial charge in [0, 0.05) is 23.2 Å². The molecule has 0 unspecified atom stereocenters. The van der Waals surface area contributed by atoms with E-state index in [0.29, 0.717) is 42.0 Å². The third-order valence-electron chi connectivity index (χ3n) is 4.93. The smallest absolute Gasteiger partial charge is 0.254 e. The van der Waals surface area contributed by atoms with E-state index in [0.717, 1.165) is 12.8 Å². The molecule has 1 aliphatic heterocycles. The van der Waals surface area contributed by atoms with Gasteiger partial charge in [-0.05, 0) is 49.2 Å². The molecule has 3 rings (SSSR count). The first kappa shape index (κ1) is 19.2. The normalized spacial score (nSPS) is 17.0. The maximum Gasteiger partial charge on any atom is 0.254 e. The van der Waals surface area contributed by atoms with E-state index in [1.54, 1.807) is 30.3 Å². The van der Waals surface area contributed by atoms with Gasteiger partial charge < -0.3 is 9.64 Å². The minimum absolute atomic E-state index is 0.0266. The molecule has 1 atom stereocenters. The molecule has 142 valence electrons. The number of ether oxygens (including phenoxy) is 1. The quantitative estimate of drug-likeness (QED) is 0.737. The molecule has 0 radical (unpaired) electrons. The molecule has 0 bridgehead atoms. The van der Waals surface area contributed by atoms with Crippen LogP contribution in [0.1, 0.15) is 47.4 Å². The lowest BCUT2D eigenvalue weighted by Crippen LogP contribution is -2.48. The number of benzene rings is 2. The summed E-state index contributed by atoms with van der Waals surface area (Å²) in [4.78, 5) is 26.3. The van der Waals surface area contributed by atoms with Crippen LogP contribution in [0, 0.1) is 5.82 Å². The van der Waals surface area contributed by atoms with Crippen LogP contribution in [0.15, 0.2) is 42.5 Å². The van der Waals surface area contributed by atoms with Gasteiger partial charge in [-0.15, -0.1) is 0 Å². The minimum atomic E-state index is -0.393. The lowest BCUT2D eigenvalue weighted by molar-refractivity contribution is -0.00433. The van der Waals surface area contributed by atoms with Crippen molar-refractivity contribution < 1.29 is 18.7 Å². The van der Waals surface area contributed by atoms with Gasteiger partial charge in [-0.1, -0.05) is 25.5 Å². The number of rotatable bonds is 5. The molecule has 2 aromatic rings. The van der Waals surface area contributed by atoms with E-state index >= 15 is 0 Å². The summed E-state index contributed by atoms with van der Waals surface area (Å²) in [5, 5.41) is 0. The maximum absolute atomic E-state index is 14.2. The minimum Gasteiger partial charge on any atom is -0.377 e. The van der Waals surface area contributed by atoms with E-state index in [1.165, 1.54) is 19.1 Å². The number of carbonyl (C=O) groups is 2. The number of carbonyl (C=O) groups excluding carboxylic acids is 2. The number of hydrogen-bond donors (Lipinski definition) is 0. The third-order valence-corrected chi connectivity index (χ3v) is 4.93. The molecular weight excluding hydrogens is 345 g/mol. The van der Waals surface area contributed by atoms with Crippen LogP contribution >= 0.6 is 0 Å². The van der Waals surface area contributed by atoms with Crippen molar-refractivity contribution in [2.24, 2.45) is 0 Å². The molecule has 0 aliphatic carbocycles. The average Bonchev–Trinajstić information content (AvgIpc) is 2.68. The fourth-order valence-electron chi connectivity index (χ4n) is 3.42. The van der Waals surface area contributed by atoms with Crippen LogP contribution in [-0.2, 0) is 4.74 Å². The van der Waals surface area contributed by atoms with Gasteiger partial charge in [0.05, 0.1) is 19.3 Å². The first-order chi connectivity index (χ1) is 13.0. The van der Waals surface area contributed by atoms with Crippen LogP contribution in [0.2, 0.25) is 0 Å². The number of amides is 1. The Labute approximate surface area is 158 Å². The Balaban J connectivity index is 1.84. The average molecular weight is 369 g/mol. The highest BCUT2D eigenvalue weighted by atomic mass is 19.1. The highest BCUT2D eigenvalue weighted by molar-refractivity contribution is 5.96. The van der Waals surface area contributed by atoms with E-state index in [2.05, 4.69) is 6.92 Å². The van der Waals surface area contributed by atoms with Gasteiger partial charge in [-0.25, -0.2) is 4.39 Å². The second-order valence-electron chi connectivity index (χ2n) is 6.84. The number of hydrogen-bond acceptors (Lipinski definition) is 3. The van der Waals surface area contributed by atoms with Crippen molar-refractivity contribution in [3.05, 3.63) is 59.4 Å². The van der Waals surface area contributed by atoms with Gasteiger partial charge in [-0.3, -0.25) is 9.59 Å². The highest BCUT2D eigenvalue weighted by Gasteiger charge is 2.27. The molecule has 0 N–H and O–H groups in total. The molecule has 2 aromatic carbocycles. The summed E-state index contributed by atoms with van der Waals surface area (Å²) in [7, 11) is 0. The molecule has 27 heavy (non-hydrogen) atoms. The standard InChI is InChI=1S/C22H24FNO3/c1-3-4-19-14-27-12-11-24(19)22(26)17-7-5-16(6-8-17)20-13-18(15(2)25)9-10-21(20)23/h5-10,13,19H,3-4,11-12,14H2,1-2H3/t19-/m1/s1. The Morgan fingerprint density at radius 2 is 1.85 bits per heavy atom. The topological polar surface area (TPSA) is 46.6 Å². The fraction of sp³-hybridized carbons (Fsp3) is 0.364. The van der Waals surface area contributed by atoms with E-state index in [4.69, 9.17) is 4.74 Å². The monoisotopic (exact) mass is 369 g/mol. The van der Waals surface area contributed by atoms with Crippen LogP contribution in [0.4, 0.5) is 4.39 Å². The van der Waals surface area contributed by atoms with Crippen molar-refractivity contribution in [2.45, 2.75) is 32.7 Å². The zero-order chi connectivity index (χ0) is 19.4. The predicted molar refractivity (Wildman–Crippen MR) is 102 cm³/mol. The van der Waals surface area contributed by atoms with Crippen molar-refractivity contribution in [2.75, 3.05) is 19.8 Å². The van der Waals surface area contributed by atoms with Crippen LogP contribution in [0.5, 0.6) is 0 Å². The molecule has 1 saturated heterocycles. The van der Waals surface area contributed by atoms with Crippen LogP contribution in [0.25, 0.3) is 11.1 Å². The molecule has 0 spiro atoms. The van der Waals surface area contributed by atoms with Gasteiger partial charge in [0.1, 0.15) is 5.82 Å². The van der Waals surface area contributed by atoms with Crippen LogP contribution in [-0.4, -0.2) is 42.4 Å². The lowest BCUT2D eigenvalue weighted by Gasteiger charge is -2.35. The van der Waals surface area contributed by atoms with E-state index in [9.17, 15) is 14.0 Å². The SMILES string of the molecule is CCC[C@@H]1COCCN1C(=O)c1ccc(-c2cc(C(C)=O)ccc2F)cc1. The first-order valence-corrected chi connectivity index (χ1v) is 9.31. The highest BCUT2D eigenvalue weighted by Crippen LogP contribution is 2.25. The molecular formula is C22H24FNO3. The molecule has 1 fully saturated rings. The van der Waals surface area contributed by atoms with Crippen molar-refractivity contribution in [3.8, 4) is 11.1 Å². The lowest BCUT2D eigenvalue weighted by atomic mass is 9.99. The summed E-state index contributed by atoms with van der Waals surface area (Å²) in [5.41, 5.74) is 2.03. The largest absolute Gasteiger partial charge is 0.377 e. The third kappa shape index (κ3) is 4.25. The molecule has 4 nitrogen and oxygen atoms in total. The van der Waals surface area contributed by atoms with Crippen LogP contribution < -0.4 is 0 Å². The van der Waals surface area contributed by atoms with E-state index in [1.807, 2.05) is 4.90 Å². The summed E-state index contributed by atoms with van der Waals surface area (Å²) in [6.07, 6.45) is 1.90. The zero-order valence-corrected chi connectivity index (χ0v) is 15.7.